The SMILES string of the molecule is CCC(C)CC(N)C1CCCc2cccnc21. The van der Waals surface area contributed by atoms with Crippen LogP contribution in [0.4, 0.5) is 0 Å². The zero-order valence-electron chi connectivity index (χ0n) is 11.0. The molecule has 1 aromatic rings. The van der Waals surface area contributed by atoms with Crippen LogP contribution in [0.2, 0.25) is 0 Å². The molecule has 1 heterocycles. The zero-order valence-corrected chi connectivity index (χ0v) is 11.0. The maximum Gasteiger partial charge on any atom is 0.0481 e. The Kier molecular flexibility index (Phi) is 4.16. The van der Waals surface area contributed by atoms with E-state index < -0.39 is 0 Å². The Morgan fingerprint density at radius 1 is 1.53 bits per heavy atom. The van der Waals surface area contributed by atoms with Crippen LogP contribution in [0.25, 0.3) is 0 Å². The summed E-state index contributed by atoms with van der Waals surface area (Å²) in [5.74, 6) is 1.20. The summed E-state index contributed by atoms with van der Waals surface area (Å²) in [7, 11) is 0. The standard InChI is InChI=1S/C15H24N2/c1-3-11(2)10-14(16)13-8-4-6-12-7-5-9-17-15(12)13/h5,7,9,11,13-14H,3-4,6,8,10,16H2,1-2H3. The van der Waals surface area contributed by atoms with Crippen LogP contribution in [0.3, 0.4) is 0 Å². The zero-order chi connectivity index (χ0) is 12.3. The molecule has 1 aromatic heterocycles. The van der Waals surface area contributed by atoms with Crippen molar-refractivity contribution in [3.05, 3.63) is 29.6 Å². The fourth-order valence-electron chi connectivity index (χ4n) is 2.86. The highest BCUT2D eigenvalue weighted by Gasteiger charge is 2.27. The van der Waals surface area contributed by atoms with Crippen molar-refractivity contribution in [1.82, 2.24) is 4.98 Å². The van der Waals surface area contributed by atoms with Gasteiger partial charge >= 0.3 is 0 Å². The highest BCUT2D eigenvalue weighted by Crippen LogP contribution is 2.33. The molecule has 0 amide bonds. The lowest BCUT2D eigenvalue weighted by Gasteiger charge is -2.30. The summed E-state index contributed by atoms with van der Waals surface area (Å²) in [4.78, 5) is 4.57. The number of aryl methyl sites for hydroxylation is 1. The van der Waals surface area contributed by atoms with Gasteiger partial charge in [-0.15, -0.1) is 0 Å². The molecule has 2 N–H and O–H groups in total. The van der Waals surface area contributed by atoms with E-state index in [1.165, 1.54) is 36.9 Å². The molecule has 0 spiro atoms. The maximum atomic E-state index is 6.40. The summed E-state index contributed by atoms with van der Waals surface area (Å²) in [5.41, 5.74) is 9.09. The summed E-state index contributed by atoms with van der Waals surface area (Å²) in [6, 6.07) is 4.53. The number of pyridine rings is 1. The maximum absolute atomic E-state index is 6.40. The number of nitrogens with zero attached hydrogens (tertiary/aromatic N) is 1. The van der Waals surface area contributed by atoms with Crippen molar-refractivity contribution in [3.63, 3.8) is 0 Å². The third kappa shape index (κ3) is 2.86. The molecule has 0 aromatic carbocycles. The Balaban J connectivity index is 2.12. The molecular formula is C15H24N2. The molecule has 2 rings (SSSR count). The fourth-order valence-corrected chi connectivity index (χ4v) is 2.86. The summed E-state index contributed by atoms with van der Waals surface area (Å²) in [5, 5.41) is 0. The number of hydrogen-bond donors (Lipinski definition) is 1. The van der Waals surface area contributed by atoms with E-state index in [0.717, 1.165) is 12.3 Å². The Morgan fingerprint density at radius 3 is 3.12 bits per heavy atom. The van der Waals surface area contributed by atoms with Gasteiger partial charge in [-0.1, -0.05) is 26.3 Å². The van der Waals surface area contributed by atoms with Crippen LogP contribution in [0.1, 0.15) is 56.7 Å². The molecule has 2 nitrogen and oxygen atoms in total. The summed E-state index contributed by atoms with van der Waals surface area (Å²) in [6.07, 6.45) is 7.90. The van der Waals surface area contributed by atoms with Gasteiger partial charge in [-0.2, -0.15) is 0 Å². The van der Waals surface area contributed by atoms with Crippen molar-refractivity contribution in [2.45, 2.75) is 57.9 Å². The lowest BCUT2D eigenvalue weighted by atomic mass is 9.79. The van der Waals surface area contributed by atoms with Crippen LogP contribution < -0.4 is 5.73 Å². The van der Waals surface area contributed by atoms with Crippen molar-refractivity contribution in [2.75, 3.05) is 0 Å². The van der Waals surface area contributed by atoms with E-state index in [2.05, 4.69) is 24.9 Å². The van der Waals surface area contributed by atoms with Crippen molar-refractivity contribution >= 4 is 0 Å². The van der Waals surface area contributed by atoms with Crippen molar-refractivity contribution in [2.24, 2.45) is 11.7 Å². The number of hydrogen-bond acceptors (Lipinski definition) is 2. The van der Waals surface area contributed by atoms with E-state index in [1.54, 1.807) is 0 Å². The quantitative estimate of drug-likeness (QED) is 0.865. The molecule has 3 atom stereocenters. The van der Waals surface area contributed by atoms with E-state index in [9.17, 15) is 0 Å². The molecule has 94 valence electrons. The Labute approximate surface area is 105 Å². The van der Waals surface area contributed by atoms with E-state index in [4.69, 9.17) is 5.73 Å². The minimum Gasteiger partial charge on any atom is -0.327 e. The highest BCUT2D eigenvalue weighted by molar-refractivity contribution is 5.27. The third-order valence-corrected chi connectivity index (χ3v) is 4.13. The minimum atomic E-state index is 0.277. The summed E-state index contributed by atoms with van der Waals surface area (Å²) in [6.45, 7) is 4.53. The van der Waals surface area contributed by atoms with Crippen LogP contribution in [0.5, 0.6) is 0 Å². The first-order valence-electron chi connectivity index (χ1n) is 6.91. The van der Waals surface area contributed by atoms with Gasteiger partial charge in [0.05, 0.1) is 0 Å². The summed E-state index contributed by atoms with van der Waals surface area (Å²) >= 11 is 0. The lowest BCUT2D eigenvalue weighted by molar-refractivity contribution is 0.373. The van der Waals surface area contributed by atoms with Gasteiger partial charge in [-0.25, -0.2) is 0 Å². The first-order valence-corrected chi connectivity index (χ1v) is 6.91. The van der Waals surface area contributed by atoms with Gasteiger partial charge < -0.3 is 5.73 Å². The Morgan fingerprint density at radius 2 is 2.35 bits per heavy atom. The third-order valence-electron chi connectivity index (χ3n) is 4.13. The van der Waals surface area contributed by atoms with Crippen molar-refractivity contribution in [3.8, 4) is 0 Å². The van der Waals surface area contributed by atoms with Crippen LogP contribution in [-0.4, -0.2) is 11.0 Å². The highest BCUT2D eigenvalue weighted by atomic mass is 14.7. The molecule has 0 saturated heterocycles. The molecule has 3 unspecified atom stereocenters. The molecule has 0 fully saturated rings. The van der Waals surface area contributed by atoms with E-state index in [1.807, 2.05) is 12.3 Å². The molecule has 1 aliphatic rings. The second-order valence-electron chi connectivity index (χ2n) is 5.46. The van der Waals surface area contributed by atoms with E-state index >= 15 is 0 Å². The second kappa shape index (κ2) is 5.63. The van der Waals surface area contributed by atoms with Gasteiger partial charge in [0.25, 0.3) is 0 Å². The van der Waals surface area contributed by atoms with E-state index in [-0.39, 0.29) is 6.04 Å². The van der Waals surface area contributed by atoms with E-state index in [0.29, 0.717) is 5.92 Å². The van der Waals surface area contributed by atoms with Crippen LogP contribution >= 0.6 is 0 Å². The van der Waals surface area contributed by atoms with Crippen LogP contribution in [0.15, 0.2) is 18.3 Å². The normalized spacial score (nSPS) is 22.9. The predicted molar refractivity (Wildman–Crippen MR) is 72.0 cm³/mol. The number of nitrogens with two attached hydrogens (primary N) is 1. The fraction of sp³-hybridized carbons (Fsp3) is 0.667. The molecule has 0 saturated carbocycles. The Bertz CT molecular complexity index is 362. The lowest BCUT2D eigenvalue weighted by Crippen LogP contribution is -2.33. The second-order valence-corrected chi connectivity index (χ2v) is 5.46. The molecule has 17 heavy (non-hydrogen) atoms. The van der Waals surface area contributed by atoms with Gasteiger partial charge in [0.1, 0.15) is 0 Å². The molecule has 2 heteroatoms. The molecule has 0 bridgehead atoms. The molecular weight excluding hydrogens is 208 g/mol. The smallest absolute Gasteiger partial charge is 0.0481 e. The summed E-state index contributed by atoms with van der Waals surface area (Å²) < 4.78 is 0. The monoisotopic (exact) mass is 232 g/mol. The topological polar surface area (TPSA) is 38.9 Å². The molecule has 0 radical (unpaired) electrons. The van der Waals surface area contributed by atoms with Crippen molar-refractivity contribution < 1.29 is 0 Å². The van der Waals surface area contributed by atoms with Gasteiger partial charge in [0.2, 0.25) is 0 Å². The van der Waals surface area contributed by atoms with Gasteiger partial charge in [0.15, 0.2) is 0 Å². The minimum absolute atomic E-state index is 0.277. The number of fused-ring (bicyclic) bond motifs is 1. The largest absolute Gasteiger partial charge is 0.327 e. The average molecular weight is 232 g/mol. The van der Waals surface area contributed by atoms with Gasteiger partial charge in [-0.3, -0.25) is 4.98 Å². The van der Waals surface area contributed by atoms with Crippen LogP contribution in [-0.2, 0) is 6.42 Å². The predicted octanol–water partition coefficient (Wildman–Crippen LogP) is 3.27. The number of aromatic nitrogens is 1. The molecule has 0 aliphatic heterocycles. The first kappa shape index (κ1) is 12.6. The van der Waals surface area contributed by atoms with Crippen LogP contribution in [0, 0.1) is 5.92 Å². The molecule has 1 aliphatic carbocycles. The Hall–Kier alpha value is -0.890. The van der Waals surface area contributed by atoms with Gasteiger partial charge in [-0.05, 0) is 43.2 Å². The van der Waals surface area contributed by atoms with Crippen molar-refractivity contribution in [1.29, 1.82) is 0 Å². The number of rotatable bonds is 4. The van der Waals surface area contributed by atoms with Gasteiger partial charge in [0, 0.05) is 23.9 Å². The first-order chi connectivity index (χ1) is 8.22. The average Bonchev–Trinajstić information content (AvgIpc) is 2.37.